The maximum absolute atomic E-state index is 13.4. The molecule has 41 heavy (non-hydrogen) atoms. The topological polar surface area (TPSA) is 177 Å². The highest BCUT2D eigenvalue weighted by atomic mass is 32.2. The second-order valence-electron chi connectivity index (χ2n) is 10.3. The zero-order valence-electron chi connectivity index (χ0n) is 22.8. The number of Topliss-reactive ketones (excluding diaryl/α,β-unsaturated/α-hetero) is 1. The Hall–Kier alpha value is -4.10. The Labute approximate surface area is 239 Å². The molecule has 0 radical (unpaired) electrons. The van der Waals surface area contributed by atoms with Gasteiger partial charge in [0.1, 0.15) is 23.6 Å². The zero-order valence-corrected chi connectivity index (χ0v) is 23.6. The molecular formula is C29H34N5O6S+. The summed E-state index contributed by atoms with van der Waals surface area (Å²) in [5.74, 6) is 4.12. The molecule has 3 aromatic carbocycles. The molecule has 12 heteroatoms. The van der Waals surface area contributed by atoms with Crippen molar-refractivity contribution in [2.45, 2.75) is 49.3 Å². The molecule has 0 aliphatic carbocycles. The van der Waals surface area contributed by atoms with Crippen molar-refractivity contribution in [3.05, 3.63) is 95.6 Å². The lowest BCUT2D eigenvalue weighted by molar-refractivity contribution is -0.815. The number of rotatable bonds is 11. The van der Waals surface area contributed by atoms with Crippen molar-refractivity contribution in [1.29, 1.82) is 5.41 Å². The fourth-order valence-electron chi connectivity index (χ4n) is 4.93. The Kier molecular flexibility index (Phi) is 8.59. The quantitative estimate of drug-likeness (QED) is 0.0872. The minimum Gasteiger partial charge on any atom is -0.477 e. The van der Waals surface area contributed by atoms with Crippen molar-refractivity contribution in [2.75, 3.05) is 12.1 Å². The van der Waals surface area contributed by atoms with Crippen LogP contribution in [0.5, 0.6) is 0 Å². The molecular weight excluding hydrogens is 546 g/mol. The van der Waals surface area contributed by atoms with Crippen molar-refractivity contribution in [3.63, 3.8) is 0 Å². The third-order valence-electron chi connectivity index (χ3n) is 7.23. The number of aryl methyl sites for hydroxylation is 1. The predicted octanol–water partition coefficient (Wildman–Crippen LogP) is 3.04. The van der Waals surface area contributed by atoms with Crippen LogP contribution in [0.15, 0.2) is 83.8 Å². The van der Waals surface area contributed by atoms with Crippen molar-refractivity contribution in [3.8, 4) is 0 Å². The van der Waals surface area contributed by atoms with Gasteiger partial charge in [0.2, 0.25) is 6.04 Å². The summed E-state index contributed by atoms with van der Waals surface area (Å²) in [5.41, 5.74) is 8.48. The SMILES string of the molecule is Cc1cccc(S(=O)(=O)[N+](C)(N)[C@@H](CC(=O)C[C@H]2C[C@@H](c3ccc(C(=N)N)cc3)N(c3ccccc3)O2)C(=O)O)c1. The van der Waals surface area contributed by atoms with Crippen LogP contribution in [0.1, 0.15) is 42.0 Å². The minimum absolute atomic E-state index is 0.0506. The molecule has 1 aliphatic heterocycles. The van der Waals surface area contributed by atoms with Crippen LogP contribution >= 0.6 is 0 Å². The van der Waals surface area contributed by atoms with Gasteiger partial charge in [0, 0.05) is 18.4 Å². The molecule has 4 rings (SSSR count). The van der Waals surface area contributed by atoms with Gasteiger partial charge in [-0.1, -0.05) is 54.6 Å². The van der Waals surface area contributed by atoms with Gasteiger partial charge in [0.05, 0.1) is 24.3 Å². The van der Waals surface area contributed by atoms with Gasteiger partial charge in [-0.15, -0.1) is 4.00 Å². The Balaban J connectivity index is 1.54. The smallest absolute Gasteiger partial charge is 0.366 e. The molecule has 4 atom stereocenters. The van der Waals surface area contributed by atoms with Crippen LogP contribution in [-0.4, -0.2) is 54.3 Å². The number of nitrogens with two attached hydrogens (primary N) is 2. The number of quaternary nitrogens is 1. The average molecular weight is 581 g/mol. The van der Waals surface area contributed by atoms with Crippen LogP contribution in [0.25, 0.3) is 0 Å². The lowest BCUT2D eigenvalue weighted by atomic mass is 9.96. The zero-order chi connectivity index (χ0) is 29.9. The van der Waals surface area contributed by atoms with Crippen LogP contribution in [0.2, 0.25) is 0 Å². The number of ketones is 1. The average Bonchev–Trinajstić information content (AvgIpc) is 3.35. The van der Waals surface area contributed by atoms with E-state index in [1.165, 1.54) is 12.1 Å². The summed E-state index contributed by atoms with van der Waals surface area (Å²) in [7, 11) is -3.28. The van der Waals surface area contributed by atoms with E-state index in [0.717, 1.165) is 18.3 Å². The Morgan fingerprint density at radius 1 is 1.10 bits per heavy atom. The number of nitrogens with zero attached hydrogens (tertiary/aromatic N) is 2. The van der Waals surface area contributed by atoms with Crippen LogP contribution < -0.4 is 16.6 Å². The molecule has 11 nitrogen and oxygen atoms in total. The number of amidine groups is 1. The van der Waals surface area contributed by atoms with Crippen molar-refractivity contribution >= 4 is 33.3 Å². The predicted molar refractivity (Wildman–Crippen MR) is 153 cm³/mol. The first-order valence-electron chi connectivity index (χ1n) is 13.0. The number of hydroxylamine groups is 1. The fraction of sp³-hybridized carbons (Fsp3) is 0.276. The number of anilines is 1. The molecule has 1 fully saturated rings. The van der Waals surface area contributed by atoms with E-state index >= 15 is 0 Å². The van der Waals surface area contributed by atoms with Crippen molar-refractivity contribution < 1.29 is 31.9 Å². The molecule has 0 bridgehead atoms. The number of likely N-dealkylation sites (N-methyl/N-ethyl adjacent to an activating group) is 1. The second kappa shape index (κ2) is 11.8. The van der Waals surface area contributed by atoms with E-state index < -0.39 is 44.3 Å². The fourth-order valence-corrected chi connectivity index (χ4v) is 6.47. The number of hydrogen-bond acceptors (Lipinski definition) is 8. The number of aliphatic carboxylic acids is 1. The number of carbonyl (C=O) groups is 2. The highest BCUT2D eigenvalue weighted by Crippen LogP contribution is 2.39. The molecule has 1 heterocycles. The lowest BCUT2D eigenvalue weighted by Gasteiger charge is -2.32. The third-order valence-corrected chi connectivity index (χ3v) is 9.37. The standard InChI is InChI=1S/C29H33N5O6S/c1-19-7-6-10-25(15-19)41(38,39)34(2,32)27(29(36)37)17-23(35)16-24-18-26(20-11-13-21(14-12-20)28(30)31)33(40-24)22-8-4-3-5-9-22/h3-15,24,26-27H,16-18,32H2,1-2H3,(H3-,30,31,36,37)/p+1/t24-,26-,27-,34?/m0/s1. The highest BCUT2D eigenvalue weighted by molar-refractivity contribution is 7.86. The minimum atomic E-state index is -4.36. The van der Waals surface area contributed by atoms with Gasteiger partial charge in [-0.25, -0.2) is 9.86 Å². The first-order chi connectivity index (χ1) is 19.3. The summed E-state index contributed by atoms with van der Waals surface area (Å²) >= 11 is 0. The maximum Gasteiger partial charge on any atom is 0.366 e. The van der Waals surface area contributed by atoms with Crippen molar-refractivity contribution in [2.24, 2.45) is 11.6 Å². The Morgan fingerprint density at radius 2 is 1.76 bits per heavy atom. The lowest BCUT2D eigenvalue weighted by Crippen LogP contribution is -2.64. The largest absolute Gasteiger partial charge is 0.477 e. The number of nitrogen functional groups attached to an aromatic ring is 1. The molecule has 0 saturated carbocycles. The number of nitrogens with one attached hydrogen (secondary N) is 1. The molecule has 1 aliphatic rings. The van der Waals surface area contributed by atoms with Gasteiger partial charge in [-0.05, 0) is 42.3 Å². The number of carbonyl (C=O) groups excluding carboxylic acids is 1. The first kappa shape index (κ1) is 29.9. The van der Waals surface area contributed by atoms with E-state index in [4.69, 9.17) is 21.8 Å². The summed E-state index contributed by atoms with van der Waals surface area (Å²) < 4.78 is 25.3. The van der Waals surface area contributed by atoms with E-state index in [2.05, 4.69) is 0 Å². The summed E-state index contributed by atoms with van der Waals surface area (Å²) in [5, 5.41) is 19.3. The number of benzene rings is 3. The first-order valence-corrected chi connectivity index (χ1v) is 14.4. The maximum atomic E-state index is 13.4. The monoisotopic (exact) mass is 580 g/mol. The normalized spacial score (nSPS) is 19.3. The molecule has 0 aromatic heterocycles. The second-order valence-corrected chi connectivity index (χ2v) is 12.5. The van der Waals surface area contributed by atoms with Crippen LogP contribution in [-0.2, 0) is 24.4 Å². The molecule has 3 aromatic rings. The van der Waals surface area contributed by atoms with E-state index in [1.807, 2.05) is 42.5 Å². The van der Waals surface area contributed by atoms with Gasteiger partial charge >= 0.3 is 16.0 Å². The summed E-state index contributed by atoms with van der Waals surface area (Å²) in [6, 6.07) is 20.5. The molecule has 1 unspecified atom stereocenters. The highest BCUT2D eigenvalue weighted by Gasteiger charge is 2.49. The van der Waals surface area contributed by atoms with Crippen molar-refractivity contribution in [1.82, 2.24) is 0 Å². The molecule has 216 valence electrons. The van der Waals surface area contributed by atoms with E-state index in [-0.39, 0.29) is 23.2 Å². The van der Waals surface area contributed by atoms with Gasteiger partial charge in [0.25, 0.3) is 0 Å². The number of para-hydroxylation sites is 1. The van der Waals surface area contributed by atoms with E-state index in [1.54, 1.807) is 36.3 Å². The molecule has 0 spiro atoms. The van der Waals surface area contributed by atoms with E-state index in [9.17, 15) is 23.1 Å². The molecule has 1 saturated heterocycles. The van der Waals surface area contributed by atoms with Gasteiger partial charge < -0.3 is 10.8 Å². The van der Waals surface area contributed by atoms with Crippen LogP contribution in [0, 0.1) is 12.3 Å². The molecule has 0 amide bonds. The number of hydrogen-bond donors (Lipinski definition) is 4. The summed E-state index contributed by atoms with van der Waals surface area (Å²) in [6.07, 6.45) is -0.927. The Morgan fingerprint density at radius 3 is 2.34 bits per heavy atom. The summed E-state index contributed by atoms with van der Waals surface area (Å²) in [4.78, 5) is 31.5. The van der Waals surface area contributed by atoms with E-state index in [0.29, 0.717) is 17.5 Å². The van der Waals surface area contributed by atoms with Crippen LogP contribution in [0.3, 0.4) is 0 Å². The summed E-state index contributed by atoms with van der Waals surface area (Å²) in [6.45, 7) is 1.71. The Bertz CT molecular complexity index is 1540. The molecule has 6 N–H and O–H groups in total. The number of carboxylic acids is 1. The van der Waals surface area contributed by atoms with Gasteiger partial charge in [-0.3, -0.25) is 15.0 Å². The number of carboxylic acid groups (broad SMARTS) is 1. The number of sulfonamides is 1. The third kappa shape index (κ3) is 6.30. The van der Waals surface area contributed by atoms with Crippen LogP contribution in [0.4, 0.5) is 5.69 Å². The van der Waals surface area contributed by atoms with Gasteiger partial charge in [0.15, 0.2) is 0 Å². The van der Waals surface area contributed by atoms with Gasteiger partial charge in [-0.2, -0.15) is 14.3 Å².